The van der Waals surface area contributed by atoms with Crippen molar-refractivity contribution in [3.63, 3.8) is 0 Å². The maximum absolute atomic E-state index is 11.7. The minimum absolute atomic E-state index is 0.314. The van der Waals surface area contributed by atoms with E-state index in [4.69, 9.17) is 5.11 Å². The Morgan fingerprint density at radius 3 is 1.73 bits per heavy atom. The van der Waals surface area contributed by atoms with E-state index in [0.29, 0.717) is 11.1 Å². The Labute approximate surface area is 87.4 Å². The van der Waals surface area contributed by atoms with Crippen LogP contribution in [0.1, 0.15) is 27.7 Å². The van der Waals surface area contributed by atoms with Crippen molar-refractivity contribution in [2.45, 2.75) is 33.2 Å². The molecule has 0 unspecified atom stereocenters. The summed E-state index contributed by atoms with van der Waals surface area (Å²) >= 11 is 0. The largest absolute Gasteiger partial charge is 0.480 e. The summed E-state index contributed by atoms with van der Waals surface area (Å²) in [5, 5.41) is 8.95. The molecule has 0 fully saturated rings. The van der Waals surface area contributed by atoms with Crippen molar-refractivity contribution in [2.24, 2.45) is 0 Å². The third-order valence-electron chi connectivity index (χ3n) is 2.69. The van der Waals surface area contributed by atoms with Crippen LogP contribution < -0.4 is 0 Å². The van der Waals surface area contributed by atoms with Crippen molar-refractivity contribution < 1.29 is 19.5 Å². The van der Waals surface area contributed by atoms with E-state index in [9.17, 15) is 14.4 Å². The van der Waals surface area contributed by atoms with Gasteiger partial charge in [-0.3, -0.25) is 14.5 Å². The Hall–Kier alpha value is -1.65. The molecule has 1 heterocycles. The van der Waals surface area contributed by atoms with Gasteiger partial charge in [-0.15, -0.1) is 0 Å². The van der Waals surface area contributed by atoms with E-state index in [1.165, 1.54) is 27.7 Å². The topological polar surface area (TPSA) is 74.7 Å². The van der Waals surface area contributed by atoms with Gasteiger partial charge >= 0.3 is 5.97 Å². The highest BCUT2D eigenvalue weighted by atomic mass is 16.4. The zero-order valence-corrected chi connectivity index (χ0v) is 9.12. The molecule has 0 aromatic rings. The van der Waals surface area contributed by atoms with Crippen LogP contribution in [0.4, 0.5) is 0 Å². The lowest BCUT2D eigenvalue weighted by Crippen LogP contribution is -2.53. The molecule has 1 aliphatic heterocycles. The summed E-state index contributed by atoms with van der Waals surface area (Å²) in [6.45, 7) is 5.70. The number of nitrogens with zero attached hydrogens (tertiary/aromatic N) is 1. The van der Waals surface area contributed by atoms with Crippen LogP contribution in [0.2, 0.25) is 0 Å². The molecule has 15 heavy (non-hydrogen) atoms. The first-order chi connectivity index (χ1) is 6.71. The fraction of sp³-hybridized carbons (Fsp3) is 0.500. The van der Waals surface area contributed by atoms with Crippen LogP contribution in [-0.2, 0) is 14.4 Å². The van der Waals surface area contributed by atoms with Crippen molar-refractivity contribution >= 4 is 17.8 Å². The van der Waals surface area contributed by atoms with Crippen molar-refractivity contribution in [3.05, 3.63) is 11.1 Å². The predicted octanol–water partition coefficient (Wildman–Crippen LogP) is 0.555. The van der Waals surface area contributed by atoms with Crippen LogP contribution in [0.25, 0.3) is 0 Å². The Kier molecular flexibility index (Phi) is 2.43. The average molecular weight is 211 g/mol. The zero-order chi connectivity index (χ0) is 12.0. The molecule has 0 aliphatic carbocycles. The second-order valence-corrected chi connectivity index (χ2v) is 4.06. The molecular formula is C10H13NO4. The van der Waals surface area contributed by atoms with Crippen LogP contribution in [0.5, 0.6) is 0 Å². The monoisotopic (exact) mass is 211 g/mol. The van der Waals surface area contributed by atoms with Crippen LogP contribution >= 0.6 is 0 Å². The third kappa shape index (κ3) is 1.44. The summed E-state index contributed by atoms with van der Waals surface area (Å²) in [5.74, 6) is -2.25. The number of carbonyl (C=O) groups is 3. The highest BCUT2D eigenvalue weighted by Crippen LogP contribution is 2.27. The van der Waals surface area contributed by atoms with Gasteiger partial charge in [0.05, 0.1) is 0 Å². The smallest absolute Gasteiger partial charge is 0.329 e. The standard InChI is InChI=1S/C10H13NO4/c1-5-6(2)8(13)11(7(5)12)10(3,4)9(14)15/h1-4H3,(H,14,15). The summed E-state index contributed by atoms with van der Waals surface area (Å²) < 4.78 is 0. The molecular weight excluding hydrogens is 198 g/mol. The van der Waals surface area contributed by atoms with Crippen LogP contribution in [0.3, 0.4) is 0 Å². The van der Waals surface area contributed by atoms with E-state index in [2.05, 4.69) is 0 Å². The van der Waals surface area contributed by atoms with E-state index in [1.807, 2.05) is 0 Å². The molecule has 1 rings (SSSR count). The van der Waals surface area contributed by atoms with Crippen LogP contribution in [-0.4, -0.2) is 33.3 Å². The van der Waals surface area contributed by atoms with Gasteiger partial charge in [-0.25, -0.2) is 4.79 Å². The first kappa shape index (κ1) is 11.4. The molecule has 0 bridgehead atoms. The van der Waals surface area contributed by atoms with Gasteiger partial charge in [0.25, 0.3) is 11.8 Å². The third-order valence-corrected chi connectivity index (χ3v) is 2.69. The number of imide groups is 1. The lowest BCUT2D eigenvalue weighted by molar-refractivity contribution is -0.160. The van der Waals surface area contributed by atoms with Gasteiger partial charge in [0.1, 0.15) is 5.54 Å². The van der Waals surface area contributed by atoms with Crippen molar-refractivity contribution in [1.82, 2.24) is 4.90 Å². The zero-order valence-electron chi connectivity index (χ0n) is 9.12. The molecule has 0 saturated heterocycles. The Morgan fingerprint density at radius 2 is 1.47 bits per heavy atom. The molecule has 82 valence electrons. The molecule has 0 radical (unpaired) electrons. The Balaban J connectivity index is 3.19. The molecule has 1 N–H and O–H groups in total. The maximum atomic E-state index is 11.7. The number of hydrogen-bond acceptors (Lipinski definition) is 3. The van der Waals surface area contributed by atoms with E-state index >= 15 is 0 Å². The highest BCUT2D eigenvalue weighted by Gasteiger charge is 2.46. The fourth-order valence-corrected chi connectivity index (χ4v) is 1.35. The van der Waals surface area contributed by atoms with Gasteiger partial charge < -0.3 is 5.11 Å². The molecule has 0 saturated carbocycles. The van der Waals surface area contributed by atoms with Gasteiger partial charge in [-0.2, -0.15) is 0 Å². The van der Waals surface area contributed by atoms with Crippen molar-refractivity contribution in [1.29, 1.82) is 0 Å². The number of amides is 2. The van der Waals surface area contributed by atoms with Crippen LogP contribution in [0.15, 0.2) is 11.1 Å². The van der Waals surface area contributed by atoms with Crippen LogP contribution in [0, 0.1) is 0 Å². The minimum atomic E-state index is -1.51. The van der Waals surface area contributed by atoms with Gasteiger partial charge in [-0.1, -0.05) is 0 Å². The molecule has 0 atom stereocenters. The fourth-order valence-electron chi connectivity index (χ4n) is 1.35. The predicted molar refractivity (Wildman–Crippen MR) is 51.9 cm³/mol. The average Bonchev–Trinajstić information content (AvgIpc) is 2.31. The number of carboxylic acids is 1. The second-order valence-electron chi connectivity index (χ2n) is 4.06. The number of rotatable bonds is 2. The van der Waals surface area contributed by atoms with Gasteiger partial charge in [-0.05, 0) is 27.7 Å². The quantitative estimate of drug-likeness (QED) is 0.677. The first-order valence-electron chi connectivity index (χ1n) is 4.51. The van der Waals surface area contributed by atoms with Gasteiger partial charge in [0.2, 0.25) is 0 Å². The maximum Gasteiger partial charge on any atom is 0.329 e. The number of carboxylic acid groups (broad SMARTS) is 1. The van der Waals surface area contributed by atoms with Gasteiger partial charge in [0.15, 0.2) is 0 Å². The number of hydrogen-bond donors (Lipinski definition) is 1. The molecule has 5 nitrogen and oxygen atoms in total. The summed E-state index contributed by atoms with van der Waals surface area (Å²) in [7, 11) is 0. The summed E-state index contributed by atoms with van der Waals surface area (Å²) in [4.78, 5) is 35.1. The number of carbonyl (C=O) groups excluding carboxylic acids is 2. The normalized spacial score (nSPS) is 17.7. The lowest BCUT2D eigenvalue weighted by atomic mass is 10.0. The van der Waals surface area contributed by atoms with E-state index in [0.717, 1.165) is 4.90 Å². The molecule has 2 amide bonds. The summed E-state index contributed by atoms with van der Waals surface area (Å²) in [5.41, 5.74) is -0.878. The van der Waals surface area contributed by atoms with E-state index < -0.39 is 23.3 Å². The van der Waals surface area contributed by atoms with Crippen molar-refractivity contribution in [3.8, 4) is 0 Å². The summed E-state index contributed by atoms with van der Waals surface area (Å²) in [6, 6.07) is 0. The SMILES string of the molecule is CC1=C(C)C(=O)N(C(C)(C)C(=O)O)C1=O. The number of aliphatic carboxylic acids is 1. The lowest BCUT2D eigenvalue weighted by Gasteiger charge is -2.29. The first-order valence-corrected chi connectivity index (χ1v) is 4.51. The molecule has 0 spiro atoms. The van der Waals surface area contributed by atoms with Gasteiger partial charge in [0, 0.05) is 11.1 Å². The summed E-state index contributed by atoms with van der Waals surface area (Å²) in [6.07, 6.45) is 0. The Bertz CT molecular complexity index is 368. The Morgan fingerprint density at radius 1 is 1.13 bits per heavy atom. The van der Waals surface area contributed by atoms with Crippen molar-refractivity contribution in [2.75, 3.05) is 0 Å². The minimum Gasteiger partial charge on any atom is -0.480 e. The van der Waals surface area contributed by atoms with E-state index in [1.54, 1.807) is 0 Å². The molecule has 0 aromatic carbocycles. The molecule has 0 aromatic heterocycles. The molecule has 1 aliphatic rings. The molecule has 5 heteroatoms. The second kappa shape index (κ2) is 3.18. The highest BCUT2D eigenvalue weighted by molar-refractivity contribution is 6.20. The van der Waals surface area contributed by atoms with E-state index in [-0.39, 0.29) is 0 Å².